The van der Waals surface area contributed by atoms with Crippen molar-refractivity contribution in [1.82, 2.24) is 4.90 Å². The van der Waals surface area contributed by atoms with Crippen LogP contribution < -0.4 is 4.74 Å². The minimum Gasteiger partial charge on any atom is -0.496 e. The zero-order valence-electron chi connectivity index (χ0n) is 16.8. The molecule has 0 bridgehead atoms. The van der Waals surface area contributed by atoms with Gasteiger partial charge in [0.25, 0.3) is 0 Å². The Morgan fingerprint density at radius 3 is 2.82 bits per heavy atom. The standard InChI is InChI=1S/C24H29NO3/c1-3-14-25(15-13-23-20-8-4-5-9-21(20)24(26)28-23)18-11-12-19-17(16-18)7-6-10-22(19)27-2/h4-10,18,23H,3,11-16H2,1-2H3. The predicted molar refractivity (Wildman–Crippen MR) is 110 cm³/mol. The molecule has 4 heteroatoms. The Hall–Kier alpha value is -2.33. The van der Waals surface area contributed by atoms with Crippen molar-refractivity contribution in [2.24, 2.45) is 0 Å². The van der Waals surface area contributed by atoms with Gasteiger partial charge >= 0.3 is 5.97 Å². The molecule has 0 N–H and O–H groups in total. The number of hydrogen-bond acceptors (Lipinski definition) is 4. The van der Waals surface area contributed by atoms with Crippen LogP contribution in [-0.4, -0.2) is 37.1 Å². The molecule has 2 aliphatic rings. The zero-order chi connectivity index (χ0) is 19.5. The van der Waals surface area contributed by atoms with E-state index in [9.17, 15) is 4.79 Å². The number of esters is 1. The highest BCUT2D eigenvalue weighted by atomic mass is 16.5. The fourth-order valence-corrected chi connectivity index (χ4v) is 4.74. The number of methoxy groups -OCH3 is 1. The van der Waals surface area contributed by atoms with Gasteiger partial charge in [0.05, 0.1) is 12.7 Å². The van der Waals surface area contributed by atoms with E-state index >= 15 is 0 Å². The molecule has 2 aromatic carbocycles. The van der Waals surface area contributed by atoms with Gasteiger partial charge < -0.3 is 9.47 Å². The molecule has 0 radical (unpaired) electrons. The third-order valence-electron chi connectivity index (χ3n) is 6.12. The summed E-state index contributed by atoms with van der Waals surface area (Å²) in [5.74, 6) is 0.841. The maximum Gasteiger partial charge on any atom is 0.339 e. The molecule has 2 aromatic rings. The summed E-state index contributed by atoms with van der Waals surface area (Å²) < 4.78 is 11.2. The topological polar surface area (TPSA) is 38.8 Å². The highest BCUT2D eigenvalue weighted by Gasteiger charge is 2.32. The number of nitrogens with zero attached hydrogens (tertiary/aromatic N) is 1. The molecule has 2 unspecified atom stereocenters. The van der Waals surface area contributed by atoms with Crippen LogP contribution in [0.25, 0.3) is 0 Å². The van der Waals surface area contributed by atoms with Crippen LogP contribution in [-0.2, 0) is 17.6 Å². The van der Waals surface area contributed by atoms with Gasteiger partial charge in [0, 0.05) is 24.6 Å². The van der Waals surface area contributed by atoms with Crippen molar-refractivity contribution in [3.8, 4) is 5.75 Å². The minimum absolute atomic E-state index is 0.112. The van der Waals surface area contributed by atoms with Crippen molar-refractivity contribution in [1.29, 1.82) is 0 Å². The Labute approximate surface area is 167 Å². The molecule has 4 nitrogen and oxygen atoms in total. The van der Waals surface area contributed by atoms with Gasteiger partial charge in [0.15, 0.2) is 0 Å². The predicted octanol–water partition coefficient (Wildman–Crippen LogP) is 4.57. The van der Waals surface area contributed by atoms with Crippen molar-refractivity contribution >= 4 is 5.97 Å². The average molecular weight is 380 g/mol. The van der Waals surface area contributed by atoms with Crippen LogP contribution in [0.1, 0.15) is 59.3 Å². The van der Waals surface area contributed by atoms with Crippen LogP contribution in [0.4, 0.5) is 0 Å². The van der Waals surface area contributed by atoms with Crippen LogP contribution >= 0.6 is 0 Å². The first-order valence-electron chi connectivity index (χ1n) is 10.4. The maximum atomic E-state index is 12.1. The molecule has 4 rings (SSSR count). The zero-order valence-corrected chi connectivity index (χ0v) is 16.8. The number of rotatable bonds is 7. The van der Waals surface area contributed by atoms with E-state index in [1.807, 2.05) is 24.3 Å². The second-order valence-electron chi connectivity index (χ2n) is 7.80. The van der Waals surface area contributed by atoms with Crippen molar-refractivity contribution < 1.29 is 14.3 Å². The molecule has 2 atom stereocenters. The number of hydrogen-bond donors (Lipinski definition) is 0. The fraction of sp³-hybridized carbons (Fsp3) is 0.458. The lowest BCUT2D eigenvalue weighted by Crippen LogP contribution is -2.41. The van der Waals surface area contributed by atoms with E-state index in [1.165, 1.54) is 11.1 Å². The van der Waals surface area contributed by atoms with Gasteiger partial charge in [0.1, 0.15) is 11.9 Å². The molecular formula is C24H29NO3. The number of ether oxygens (including phenoxy) is 2. The smallest absolute Gasteiger partial charge is 0.339 e. The monoisotopic (exact) mass is 379 g/mol. The summed E-state index contributed by atoms with van der Waals surface area (Å²) in [5.41, 5.74) is 4.56. The largest absolute Gasteiger partial charge is 0.496 e. The van der Waals surface area contributed by atoms with Crippen molar-refractivity contribution in [2.45, 2.75) is 51.2 Å². The normalized spacial score (nSPS) is 20.6. The van der Waals surface area contributed by atoms with Crippen LogP contribution in [0.3, 0.4) is 0 Å². The fourth-order valence-electron chi connectivity index (χ4n) is 4.74. The molecule has 0 saturated carbocycles. The second kappa shape index (κ2) is 8.36. The summed E-state index contributed by atoms with van der Waals surface area (Å²) in [4.78, 5) is 14.7. The Bertz CT molecular complexity index is 847. The molecule has 0 spiro atoms. The lowest BCUT2D eigenvalue weighted by atomic mass is 9.86. The van der Waals surface area contributed by atoms with Gasteiger partial charge in [0.2, 0.25) is 0 Å². The lowest BCUT2D eigenvalue weighted by molar-refractivity contribution is 0.0328. The quantitative estimate of drug-likeness (QED) is 0.661. The number of fused-ring (bicyclic) bond motifs is 2. The van der Waals surface area contributed by atoms with Crippen LogP contribution in [0.5, 0.6) is 5.75 Å². The summed E-state index contributed by atoms with van der Waals surface area (Å²) in [6.45, 7) is 4.26. The molecule has 1 aliphatic heterocycles. The molecule has 28 heavy (non-hydrogen) atoms. The molecule has 0 aromatic heterocycles. The summed E-state index contributed by atoms with van der Waals surface area (Å²) in [6.07, 6.45) is 5.14. The van der Waals surface area contributed by atoms with E-state index in [1.54, 1.807) is 7.11 Å². The van der Waals surface area contributed by atoms with Gasteiger partial charge in [-0.15, -0.1) is 0 Å². The summed E-state index contributed by atoms with van der Waals surface area (Å²) >= 11 is 0. The lowest BCUT2D eigenvalue weighted by Gasteiger charge is -2.36. The van der Waals surface area contributed by atoms with E-state index in [-0.39, 0.29) is 12.1 Å². The number of carbonyl (C=O) groups is 1. The second-order valence-corrected chi connectivity index (χ2v) is 7.80. The van der Waals surface area contributed by atoms with Gasteiger partial charge in [-0.05, 0) is 55.5 Å². The summed E-state index contributed by atoms with van der Waals surface area (Å²) in [5, 5.41) is 0. The number of benzene rings is 2. The van der Waals surface area contributed by atoms with E-state index in [4.69, 9.17) is 9.47 Å². The highest BCUT2D eigenvalue weighted by molar-refractivity contribution is 5.93. The first-order valence-corrected chi connectivity index (χ1v) is 10.4. The van der Waals surface area contributed by atoms with Crippen molar-refractivity contribution in [3.05, 3.63) is 64.7 Å². The van der Waals surface area contributed by atoms with Crippen LogP contribution in [0.2, 0.25) is 0 Å². The van der Waals surface area contributed by atoms with Crippen molar-refractivity contribution in [3.63, 3.8) is 0 Å². The third kappa shape index (κ3) is 3.66. The first-order chi connectivity index (χ1) is 13.7. The Balaban J connectivity index is 1.44. The molecule has 0 fully saturated rings. The van der Waals surface area contributed by atoms with Gasteiger partial charge in [-0.3, -0.25) is 4.90 Å². The number of cyclic esters (lactones) is 1. The minimum atomic E-state index is -0.179. The van der Waals surface area contributed by atoms with Gasteiger partial charge in [-0.1, -0.05) is 37.3 Å². The molecular weight excluding hydrogens is 350 g/mol. The Morgan fingerprint density at radius 2 is 2.00 bits per heavy atom. The third-order valence-corrected chi connectivity index (χ3v) is 6.12. The van der Waals surface area contributed by atoms with Crippen molar-refractivity contribution in [2.75, 3.05) is 20.2 Å². The Morgan fingerprint density at radius 1 is 1.14 bits per heavy atom. The molecule has 1 aliphatic carbocycles. The molecule has 0 saturated heterocycles. The maximum absolute atomic E-state index is 12.1. The molecule has 0 amide bonds. The van der Waals surface area contributed by atoms with E-state index in [0.717, 1.165) is 62.1 Å². The summed E-state index contributed by atoms with van der Waals surface area (Å²) in [7, 11) is 1.76. The van der Waals surface area contributed by atoms with Gasteiger partial charge in [-0.25, -0.2) is 4.79 Å². The van der Waals surface area contributed by atoms with E-state index < -0.39 is 0 Å². The number of carbonyl (C=O) groups excluding carboxylic acids is 1. The average Bonchev–Trinajstić information content (AvgIpc) is 3.06. The van der Waals surface area contributed by atoms with E-state index in [2.05, 4.69) is 30.0 Å². The SMILES string of the molecule is CCCN(CCC1OC(=O)c2ccccc21)C1CCc2c(cccc2OC)C1. The highest BCUT2D eigenvalue weighted by Crippen LogP contribution is 2.35. The Kier molecular flexibility index (Phi) is 5.67. The van der Waals surface area contributed by atoms with E-state index in [0.29, 0.717) is 6.04 Å². The van der Waals surface area contributed by atoms with Crippen LogP contribution in [0.15, 0.2) is 42.5 Å². The molecule has 1 heterocycles. The molecule has 148 valence electrons. The van der Waals surface area contributed by atoms with Gasteiger partial charge in [-0.2, -0.15) is 0 Å². The van der Waals surface area contributed by atoms with Crippen LogP contribution in [0, 0.1) is 0 Å². The summed E-state index contributed by atoms with van der Waals surface area (Å²) in [6, 6.07) is 14.7. The first kappa shape index (κ1) is 19.0.